The van der Waals surface area contributed by atoms with Crippen LogP contribution in [-0.4, -0.2) is 4.57 Å². The van der Waals surface area contributed by atoms with Crippen LogP contribution >= 0.6 is 0 Å². The first-order chi connectivity index (χ1) is 29.5. The quantitative estimate of drug-likeness (QED) is 0.164. The van der Waals surface area contributed by atoms with Crippen molar-refractivity contribution in [2.75, 3.05) is 4.90 Å². The van der Waals surface area contributed by atoms with Gasteiger partial charge in [0.15, 0.2) is 0 Å². The molecule has 0 saturated carbocycles. The monoisotopic (exact) mass is 766 g/mol. The number of fused-ring (bicyclic) bond motifs is 8. The Bertz CT molecular complexity index is 3180. The molecule has 12 rings (SSSR count). The molecule has 0 atom stereocenters. The van der Waals surface area contributed by atoms with Gasteiger partial charge in [0, 0.05) is 44.5 Å². The van der Waals surface area contributed by atoms with Gasteiger partial charge in [0.1, 0.15) is 0 Å². The normalized spacial score (nSPS) is 15.5. The molecule has 0 aliphatic heterocycles. The van der Waals surface area contributed by atoms with Crippen molar-refractivity contribution < 1.29 is 0 Å². The molecule has 0 N–H and O–H groups in total. The highest BCUT2D eigenvalue weighted by molar-refractivity contribution is 6.10. The summed E-state index contributed by atoms with van der Waals surface area (Å²) in [6.45, 7) is 4.80. The van der Waals surface area contributed by atoms with Gasteiger partial charge in [-0.1, -0.05) is 165 Å². The maximum atomic E-state index is 3.63. The van der Waals surface area contributed by atoms with Crippen molar-refractivity contribution in [2.24, 2.45) is 0 Å². The van der Waals surface area contributed by atoms with Crippen LogP contribution in [0.1, 0.15) is 60.1 Å². The van der Waals surface area contributed by atoms with Gasteiger partial charge >= 0.3 is 0 Å². The molecule has 3 aliphatic carbocycles. The summed E-state index contributed by atoms with van der Waals surface area (Å²) in [5.74, 6) is 0. The summed E-state index contributed by atoms with van der Waals surface area (Å²) >= 11 is 0. The molecule has 0 amide bonds. The summed E-state index contributed by atoms with van der Waals surface area (Å²) in [4.78, 5) is 2.54. The molecule has 8 aromatic carbocycles. The Morgan fingerprint density at radius 2 is 1.18 bits per heavy atom. The molecule has 60 heavy (non-hydrogen) atoms. The van der Waals surface area contributed by atoms with Crippen LogP contribution in [0.5, 0.6) is 0 Å². The van der Waals surface area contributed by atoms with Gasteiger partial charge in [-0.05, 0) is 118 Å². The van der Waals surface area contributed by atoms with E-state index >= 15 is 0 Å². The second-order valence-electron chi connectivity index (χ2n) is 17.0. The molecule has 0 spiro atoms. The van der Waals surface area contributed by atoms with Crippen LogP contribution in [0.25, 0.3) is 44.2 Å². The molecule has 1 heterocycles. The van der Waals surface area contributed by atoms with E-state index < -0.39 is 5.41 Å². The van der Waals surface area contributed by atoms with Crippen LogP contribution in [0.15, 0.2) is 205 Å². The molecule has 0 radical (unpaired) electrons. The SMILES string of the molecule is CC1(C)C2=C(C=C(N(c3ccc4c(c3)-c3c#cccc3C4(c3ccccc3)c3ccccc3)c3ccc4c5ccccc5n(-c5ccccc5)c4c3)CC2)c2ccccc21. The number of hydrogen-bond acceptors (Lipinski definition) is 1. The average molecular weight is 767 g/mol. The summed E-state index contributed by atoms with van der Waals surface area (Å²) in [6.07, 6.45) is 4.44. The highest BCUT2D eigenvalue weighted by atomic mass is 15.2. The molecule has 0 saturated heterocycles. The van der Waals surface area contributed by atoms with Crippen molar-refractivity contribution in [3.05, 3.63) is 251 Å². The van der Waals surface area contributed by atoms with Crippen molar-refractivity contribution >= 4 is 38.8 Å². The predicted molar refractivity (Wildman–Crippen MR) is 248 cm³/mol. The number of aromatic nitrogens is 1. The first-order valence-electron chi connectivity index (χ1n) is 21.1. The van der Waals surface area contributed by atoms with Crippen LogP contribution in [0.2, 0.25) is 0 Å². The lowest BCUT2D eigenvalue weighted by molar-refractivity contribution is 0.602. The van der Waals surface area contributed by atoms with Gasteiger partial charge in [-0.15, -0.1) is 0 Å². The zero-order chi connectivity index (χ0) is 40.0. The Kier molecular flexibility index (Phi) is 7.56. The molecule has 284 valence electrons. The molecule has 9 aromatic rings. The van der Waals surface area contributed by atoms with E-state index in [1.54, 1.807) is 0 Å². The number of hydrogen-bond donors (Lipinski definition) is 0. The molecule has 1 aromatic heterocycles. The van der Waals surface area contributed by atoms with Crippen LogP contribution in [0.4, 0.5) is 11.4 Å². The van der Waals surface area contributed by atoms with E-state index in [1.807, 2.05) is 6.07 Å². The molecular weight excluding hydrogens is 725 g/mol. The lowest BCUT2D eigenvalue weighted by Crippen LogP contribution is -2.28. The number of rotatable bonds is 6. The second kappa shape index (κ2) is 13.1. The summed E-state index contributed by atoms with van der Waals surface area (Å²) in [7, 11) is 0. The third-order valence-electron chi connectivity index (χ3n) is 13.7. The van der Waals surface area contributed by atoms with Crippen LogP contribution in [0, 0.1) is 12.1 Å². The zero-order valence-electron chi connectivity index (χ0n) is 33.8. The maximum absolute atomic E-state index is 3.63. The smallest absolute Gasteiger partial charge is 0.0720 e. The van der Waals surface area contributed by atoms with Gasteiger partial charge in [0.05, 0.1) is 16.4 Å². The lowest BCUT2D eigenvalue weighted by atomic mass is 9.68. The van der Waals surface area contributed by atoms with E-state index in [4.69, 9.17) is 0 Å². The van der Waals surface area contributed by atoms with Crippen LogP contribution in [-0.2, 0) is 10.8 Å². The molecule has 0 bridgehead atoms. The summed E-state index contributed by atoms with van der Waals surface area (Å²) in [6, 6.07) is 76.2. The first-order valence-corrected chi connectivity index (χ1v) is 21.1. The molecule has 0 unspecified atom stereocenters. The fourth-order valence-electron chi connectivity index (χ4n) is 11.1. The van der Waals surface area contributed by atoms with E-state index in [1.165, 1.54) is 77.6 Å². The maximum Gasteiger partial charge on any atom is 0.0720 e. The van der Waals surface area contributed by atoms with Crippen molar-refractivity contribution in [3.8, 4) is 16.8 Å². The van der Waals surface area contributed by atoms with E-state index in [9.17, 15) is 0 Å². The number of benzene rings is 7. The van der Waals surface area contributed by atoms with Gasteiger partial charge in [0.2, 0.25) is 0 Å². The number of para-hydroxylation sites is 2. The highest BCUT2D eigenvalue weighted by Crippen LogP contribution is 2.57. The number of allylic oxidation sites excluding steroid dienone is 4. The Labute approximate surface area is 352 Å². The van der Waals surface area contributed by atoms with Gasteiger partial charge < -0.3 is 9.47 Å². The summed E-state index contributed by atoms with van der Waals surface area (Å²) in [5, 5.41) is 2.50. The number of nitrogens with zero attached hydrogens (tertiary/aromatic N) is 2. The lowest BCUT2D eigenvalue weighted by Gasteiger charge is -2.35. The fourth-order valence-corrected chi connectivity index (χ4v) is 11.1. The Morgan fingerprint density at radius 1 is 0.533 bits per heavy atom. The molecule has 2 nitrogen and oxygen atoms in total. The van der Waals surface area contributed by atoms with E-state index in [0.717, 1.165) is 35.5 Å². The van der Waals surface area contributed by atoms with Gasteiger partial charge in [-0.3, -0.25) is 0 Å². The van der Waals surface area contributed by atoms with Crippen LogP contribution < -0.4 is 4.90 Å². The van der Waals surface area contributed by atoms with E-state index in [-0.39, 0.29) is 5.41 Å². The first kappa shape index (κ1) is 34.7. The minimum Gasteiger partial charge on any atom is -0.314 e. The van der Waals surface area contributed by atoms with Crippen molar-refractivity contribution in [1.29, 1.82) is 0 Å². The van der Waals surface area contributed by atoms with Crippen molar-refractivity contribution in [3.63, 3.8) is 0 Å². The van der Waals surface area contributed by atoms with Gasteiger partial charge in [-0.25, -0.2) is 0 Å². The Balaban J connectivity index is 1.12. The second-order valence-corrected chi connectivity index (χ2v) is 17.0. The minimum atomic E-state index is -0.499. The third-order valence-corrected chi connectivity index (χ3v) is 13.7. The Morgan fingerprint density at radius 3 is 1.97 bits per heavy atom. The van der Waals surface area contributed by atoms with E-state index in [2.05, 4.69) is 224 Å². The topological polar surface area (TPSA) is 8.17 Å². The molecule has 0 fully saturated rings. The molecule has 2 heteroatoms. The molecule has 3 aliphatic rings. The minimum absolute atomic E-state index is 0.00383. The summed E-state index contributed by atoms with van der Waals surface area (Å²) < 4.78 is 2.43. The number of anilines is 2. The van der Waals surface area contributed by atoms with Gasteiger partial charge in [-0.2, -0.15) is 0 Å². The largest absolute Gasteiger partial charge is 0.314 e. The Hall–Kier alpha value is -7.34. The van der Waals surface area contributed by atoms with Crippen LogP contribution in [0.3, 0.4) is 0 Å². The van der Waals surface area contributed by atoms with Gasteiger partial charge in [0.25, 0.3) is 0 Å². The standard InChI is InChI=1S/C58H42N2/c1-57(2)51-27-15-12-24-45(51)49-36-42(31-34-52(49)57)59(44-30-33-48-47-26-14-17-29-55(47)60(56(48)38-44)41-22-10-5-11-23-41)43-32-35-54-50(37-43)46-25-13-16-28-53(46)58(54,39-18-6-3-7-19-39)40-20-8-4-9-21-40/h3-12,14-24,26-30,32-33,35-38H,31,34H2,1-2H3. The highest BCUT2D eigenvalue weighted by Gasteiger charge is 2.46. The van der Waals surface area contributed by atoms with Crippen molar-refractivity contribution in [2.45, 2.75) is 37.5 Å². The summed E-state index contributed by atoms with van der Waals surface area (Å²) in [5.41, 5.74) is 19.6. The average Bonchev–Trinajstić information content (AvgIpc) is 3.88. The fraction of sp³-hybridized carbons (Fsp3) is 0.103. The third kappa shape index (κ3) is 4.84. The predicted octanol–water partition coefficient (Wildman–Crippen LogP) is 14.3. The molecular formula is C58H42N2. The van der Waals surface area contributed by atoms with Crippen molar-refractivity contribution in [1.82, 2.24) is 4.57 Å². The van der Waals surface area contributed by atoms with E-state index in [0.29, 0.717) is 0 Å². The zero-order valence-corrected chi connectivity index (χ0v) is 33.8.